The number of fused-ring (bicyclic) bond motifs is 8. The van der Waals surface area contributed by atoms with Gasteiger partial charge >= 0.3 is 17.1 Å². The topological polar surface area (TPSA) is 92.6 Å². The first-order valence-electron chi connectivity index (χ1n) is 17.3. The number of imidazole rings is 4. The third-order valence-electron chi connectivity index (χ3n) is 10.4. The van der Waals surface area contributed by atoms with Crippen molar-refractivity contribution in [3.63, 3.8) is 0 Å². The second kappa shape index (κ2) is 12.6. The zero-order chi connectivity index (χ0) is 36.0. The molecule has 7 aromatic heterocycles. The summed E-state index contributed by atoms with van der Waals surface area (Å²) in [6.45, 7) is 0. The quantitative estimate of drug-likeness (QED) is 0.211. The molecule has 0 saturated carbocycles. The van der Waals surface area contributed by atoms with Crippen molar-refractivity contribution in [2.75, 3.05) is 0 Å². The Hall–Kier alpha value is -6.04. The Balaban J connectivity index is 0.00000400. The van der Waals surface area contributed by atoms with Gasteiger partial charge in [-0.25, -0.2) is 46.5 Å². The summed E-state index contributed by atoms with van der Waals surface area (Å²) >= 11 is 0. The molecule has 0 saturated heterocycles. The van der Waals surface area contributed by atoms with Gasteiger partial charge in [-0.2, -0.15) is 0 Å². The number of H-pyrrole nitrogens is 2. The van der Waals surface area contributed by atoms with Gasteiger partial charge in [-0.05, 0) is 48.6 Å². The van der Waals surface area contributed by atoms with Gasteiger partial charge in [0, 0.05) is 0 Å². The van der Waals surface area contributed by atoms with Crippen LogP contribution in [0.4, 0.5) is 0 Å². The largest absolute Gasteiger partial charge is 3.00 e. The molecule has 7 aromatic rings. The van der Waals surface area contributed by atoms with E-state index in [1.165, 1.54) is 0 Å². The van der Waals surface area contributed by atoms with Crippen LogP contribution >= 0.6 is 0 Å². The van der Waals surface area contributed by atoms with Crippen LogP contribution in [-0.2, 0) is 73.5 Å². The Morgan fingerprint density at radius 3 is 0.981 bits per heavy atom. The fourth-order valence-corrected chi connectivity index (χ4v) is 7.92. The Morgan fingerprint density at radius 1 is 0.415 bits per heavy atom. The molecule has 0 radical (unpaired) electrons. The molecule has 262 valence electrons. The third kappa shape index (κ3) is 5.26. The molecule has 0 aromatic carbocycles. The first-order valence-corrected chi connectivity index (χ1v) is 17.3. The molecule has 9 rings (SSSR count). The van der Waals surface area contributed by atoms with Crippen LogP contribution < -0.4 is 18.3 Å². The number of aromatic amines is 2. The van der Waals surface area contributed by atoms with E-state index in [2.05, 4.69) is 201 Å². The third-order valence-corrected chi connectivity index (χ3v) is 10.4. The predicted molar refractivity (Wildman–Crippen MR) is 201 cm³/mol. The van der Waals surface area contributed by atoms with E-state index >= 15 is 0 Å². The first kappa shape index (κ1) is 34.1. The van der Waals surface area contributed by atoms with Crippen LogP contribution in [0.1, 0.15) is 22.8 Å². The smallest absolute Gasteiger partial charge is 0.354 e. The summed E-state index contributed by atoms with van der Waals surface area (Å²) in [5.41, 5.74) is 11.3. The van der Waals surface area contributed by atoms with Crippen LogP contribution in [0.3, 0.4) is 0 Å². The Bertz CT molecular complexity index is 2620. The van der Waals surface area contributed by atoms with Crippen molar-refractivity contribution in [2.45, 2.75) is 0 Å². The zero-order valence-electron chi connectivity index (χ0n) is 31.1. The van der Waals surface area contributed by atoms with Crippen LogP contribution in [0.2, 0.25) is 0 Å². The minimum absolute atomic E-state index is 0. The summed E-state index contributed by atoms with van der Waals surface area (Å²) in [5, 5.41) is 0. The maximum atomic E-state index is 5.43. The minimum atomic E-state index is 0. The fourth-order valence-electron chi connectivity index (χ4n) is 7.92. The summed E-state index contributed by atoms with van der Waals surface area (Å²) in [6, 6.07) is 8.70. The molecule has 9 heterocycles. The SMILES string of the molecule is Cn1cc[n+](C)c1-c1c2nc(c(-c3n(C)cc[n+]3C)c3ccc([nH]3)c(-c3n(C)cc[n+]3C)c3ccc([nH]3)c(-c3n(C)cc[n+]3C)c3nc1C=C3)C=C2.[Mn+3]. The summed E-state index contributed by atoms with van der Waals surface area (Å²) in [4.78, 5) is 18.6. The van der Waals surface area contributed by atoms with Gasteiger partial charge in [0.25, 0.3) is 23.3 Å². The van der Waals surface area contributed by atoms with Crippen LogP contribution in [-0.4, -0.2) is 38.2 Å². The normalized spacial score (nSPS) is 12.2. The number of aromatic nitrogens is 12. The molecular formula is C40H42MnN12+7. The second-order valence-electron chi connectivity index (χ2n) is 13.9. The van der Waals surface area contributed by atoms with Crippen LogP contribution in [0, 0.1) is 0 Å². The van der Waals surface area contributed by atoms with Crippen molar-refractivity contribution >= 4 is 46.4 Å². The van der Waals surface area contributed by atoms with Gasteiger partial charge in [-0.1, -0.05) is 0 Å². The van der Waals surface area contributed by atoms with Crippen molar-refractivity contribution in [3.8, 4) is 45.6 Å². The molecule has 2 aliphatic rings. The van der Waals surface area contributed by atoms with E-state index < -0.39 is 0 Å². The number of hydrogen-bond acceptors (Lipinski definition) is 2. The monoisotopic (exact) mass is 745 g/mol. The molecule has 0 atom stereocenters. The number of nitrogens with zero attached hydrogens (tertiary/aromatic N) is 10. The number of hydrogen-bond donors (Lipinski definition) is 2. The molecule has 53 heavy (non-hydrogen) atoms. The average Bonchev–Trinajstić information content (AvgIpc) is 3.98. The second-order valence-corrected chi connectivity index (χ2v) is 13.9. The molecule has 0 spiro atoms. The predicted octanol–water partition coefficient (Wildman–Crippen LogP) is 3.97. The minimum Gasteiger partial charge on any atom is -0.354 e. The van der Waals surface area contributed by atoms with Gasteiger partial charge < -0.3 is 9.97 Å². The Kier molecular flexibility index (Phi) is 8.08. The molecule has 0 unspecified atom stereocenters. The van der Waals surface area contributed by atoms with Crippen molar-refractivity contribution in [2.24, 2.45) is 56.4 Å². The van der Waals surface area contributed by atoms with Crippen molar-refractivity contribution < 1.29 is 35.3 Å². The average molecular weight is 746 g/mol. The number of nitrogens with one attached hydrogen (secondary N) is 2. The Labute approximate surface area is 317 Å². The van der Waals surface area contributed by atoms with Crippen LogP contribution in [0.15, 0.2) is 73.8 Å². The van der Waals surface area contributed by atoms with Gasteiger partial charge in [0.1, 0.15) is 71.8 Å². The van der Waals surface area contributed by atoms with E-state index in [4.69, 9.17) is 9.97 Å². The van der Waals surface area contributed by atoms with Gasteiger partial charge in [-0.15, -0.1) is 0 Å². The van der Waals surface area contributed by atoms with E-state index in [0.717, 1.165) is 90.4 Å². The van der Waals surface area contributed by atoms with Gasteiger partial charge in [0.2, 0.25) is 0 Å². The van der Waals surface area contributed by atoms with E-state index in [1.54, 1.807) is 0 Å². The molecule has 8 bridgehead atoms. The standard InChI is InChI=1S/C40H41N12.Mn/c1-45-17-18-46(2)37(45)33-25-9-11-27(41-25)34(38-47(3)19-20-48(38)4)29-13-15-31(43-29)36(40-51(7)23-24-52(40)8)32-16-14-30(44-32)35(28-12-10-26(33)42-28)39-49(5)21-22-50(39)6;/h9-24H,1-8H3,(H,41,42,43,44);/q2*+3/p+1. The molecule has 12 nitrogen and oxygen atoms in total. The van der Waals surface area contributed by atoms with Gasteiger partial charge in [-0.3, -0.25) is 0 Å². The summed E-state index contributed by atoms with van der Waals surface area (Å²) < 4.78 is 17.2. The van der Waals surface area contributed by atoms with E-state index in [-0.39, 0.29) is 17.1 Å². The molecule has 0 aliphatic carbocycles. The summed E-state index contributed by atoms with van der Waals surface area (Å²) in [7, 11) is 16.6. The van der Waals surface area contributed by atoms with E-state index in [1.807, 2.05) is 0 Å². The first-order chi connectivity index (χ1) is 25.1. The van der Waals surface area contributed by atoms with E-state index in [9.17, 15) is 0 Å². The molecular weight excluding hydrogens is 703 g/mol. The molecule has 13 heteroatoms. The Morgan fingerprint density at radius 2 is 0.679 bits per heavy atom. The van der Waals surface area contributed by atoms with Gasteiger partial charge in [0.05, 0.1) is 101 Å². The molecule has 0 fully saturated rings. The number of rotatable bonds is 4. The van der Waals surface area contributed by atoms with Crippen molar-refractivity contribution in [1.82, 2.24) is 38.2 Å². The van der Waals surface area contributed by atoms with E-state index in [0.29, 0.717) is 0 Å². The summed E-state index contributed by atoms with van der Waals surface area (Å²) in [6.07, 6.45) is 25.1. The van der Waals surface area contributed by atoms with Crippen LogP contribution in [0.5, 0.6) is 0 Å². The van der Waals surface area contributed by atoms with Crippen LogP contribution in [0.25, 0.3) is 91.9 Å². The summed E-state index contributed by atoms with van der Waals surface area (Å²) in [5.74, 6) is 4.12. The molecule has 0 amide bonds. The zero-order valence-corrected chi connectivity index (χ0v) is 32.3. The molecule has 2 aliphatic heterocycles. The maximum absolute atomic E-state index is 5.43. The van der Waals surface area contributed by atoms with Gasteiger partial charge in [0.15, 0.2) is 0 Å². The maximum Gasteiger partial charge on any atom is 3.00 e. The fraction of sp³-hybridized carbons (Fsp3) is 0.200. The number of aryl methyl sites for hydroxylation is 8. The van der Waals surface area contributed by atoms with Crippen molar-refractivity contribution in [3.05, 3.63) is 96.6 Å². The molecule has 2 N–H and O–H groups in total. The van der Waals surface area contributed by atoms with Crippen molar-refractivity contribution in [1.29, 1.82) is 0 Å².